The Morgan fingerprint density at radius 1 is 1.00 bits per heavy atom. The van der Waals surface area contributed by atoms with Crippen LogP contribution in [0.25, 0.3) is 11.3 Å². The van der Waals surface area contributed by atoms with Gasteiger partial charge in [-0.2, -0.15) is 5.10 Å². The minimum atomic E-state index is -1.32. The third-order valence-corrected chi connectivity index (χ3v) is 9.96. The Bertz CT molecular complexity index is 1720. The summed E-state index contributed by atoms with van der Waals surface area (Å²) in [5, 5.41) is 10.8. The average Bonchev–Trinajstić information content (AvgIpc) is 3.58. The molecule has 4 N–H and O–H groups in total. The number of nitrogen functional groups attached to an aromatic ring is 1. The first-order valence-corrected chi connectivity index (χ1v) is 16.3. The van der Waals surface area contributed by atoms with Crippen molar-refractivity contribution >= 4 is 35.8 Å². The first-order chi connectivity index (χ1) is 22.9. The van der Waals surface area contributed by atoms with Crippen molar-refractivity contribution in [3.63, 3.8) is 0 Å². The lowest BCUT2D eigenvalue weighted by Crippen LogP contribution is -2.56. The smallest absolute Gasteiger partial charge is 0.361 e. The summed E-state index contributed by atoms with van der Waals surface area (Å²) in [7, 11) is 0. The number of anilines is 2. The Morgan fingerprint density at radius 2 is 1.71 bits per heavy atom. The van der Waals surface area contributed by atoms with Gasteiger partial charge in [0.05, 0.1) is 24.1 Å². The first-order valence-electron chi connectivity index (χ1n) is 16.3. The van der Waals surface area contributed by atoms with E-state index >= 15 is 0 Å². The van der Waals surface area contributed by atoms with E-state index in [1.165, 1.54) is 56.1 Å². The van der Waals surface area contributed by atoms with Crippen molar-refractivity contribution < 1.29 is 18.7 Å². The van der Waals surface area contributed by atoms with Gasteiger partial charge in [-0.3, -0.25) is 9.48 Å². The molecule has 7 rings (SSSR count). The maximum Gasteiger partial charge on any atom is 0.361 e. The fraction of sp³-hybridized carbons (Fsp3) is 0.400. The summed E-state index contributed by atoms with van der Waals surface area (Å²) in [6, 6.07) is 14.9. The van der Waals surface area contributed by atoms with E-state index in [2.05, 4.69) is 30.6 Å². The number of carbonyl (C=O) groups is 2. The molecule has 13 heteroatoms. The molecule has 1 spiro atoms. The van der Waals surface area contributed by atoms with Crippen LogP contribution in [0.2, 0.25) is 0 Å². The molecular formula is C35H40ClFN8O3. The number of rotatable bonds is 8. The number of nitrogens with one attached hydrogen (secondary N) is 2. The number of benzene rings is 2. The summed E-state index contributed by atoms with van der Waals surface area (Å²) in [6.45, 7) is 4.44. The number of ether oxygens (including phenoxy) is 1. The number of hydrogen-bond donors (Lipinski definition) is 3. The van der Waals surface area contributed by atoms with Crippen molar-refractivity contribution in [2.75, 3.05) is 37.2 Å². The molecule has 3 fully saturated rings. The van der Waals surface area contributed by atoms with Gasteiger partial charge in [0, 0.05) is 42.1 Å². The van der Waals surface area contributed by atoms with Crippen LogP contribution in [0.3, 0.4) is 0 Å². The van der Waals surface area contributed by atoms with Crippen LogP contribution in [0.5, 0.6) is 0 Å². The van der Waals surface area contributed by atoms with Crippen LogP contribution in [0.1, 0.15) is 66.7 Å². The number of halogens is 2. The quantitative estimate of drug-likeness (QED) is 0.216. The number of piperidine rings is 2. The zero-order valence-electron chi connectivity index (χ0n) is 26.6. The Balaban J connectivity index is 0.00000401. The summed E-state index contributed by atoms with van der Waals surface area (Å²) in [4.78, 5) is 38.1. The van der Waals surface area contributed by atoms with Gasteiger partial charge in [-0.1, -0.05) is 30.3 Å². The number of hydrogen-bond acceptors (Lipinski definition) is 9. The molecule has 0 bridgehead atoms. The molecule has 1 saturated carbocycles. The molecule has 4 heterocycles. The number of likely N-dealkylation sites (tertiary alicyclic amines) is 1. The van der Waals surface area contributed by atoms with Crippen LogP contribution in [0.15, 0.2) is 73.2 Å². The van der Waals surface area contributed by atoms with E-state index in [4.69, 9.17) is 10.5 Å². The van der Waals surface area contributed by atoms with Crippen LogP contribution in [-0.2, 0) is 9.53 Å². The van der Waals surface area contributed by atoms with Crippen molar-refractivity contribution in [2.24, 2.45) is 5.41 Å². The van der Waals surface area contributed by atoms with Gasteiger partial charge in [0.25, 0.3) is 5.91 Å². The number of amides is 1. The molecular weight excluding hydrogens is 635 g/mol. The van der Waals surface area contributed by atoms with E-state index in [0.717, 1.165) is 39.0 Å². The molecule has 3 aliphatic rings. The summed E-state index contributed by atoms with van der Waals surface area (Å²) in [6.07, 6.45) is 11.2. The van der Waals surface area contributed by atoms with Crippen LogP contribution >= 0.6 is 12.4 Å². The second kappa shape index (κ2) is 14.4. The molecule has 2 aromatic carbocycles. The van der Waals surface area contributed by atoms with Gasteiger partial charge < -0.3 is 26.0 Å². The van der Waals surface area contributed by atoms with Crippen molar-refractivity contribution in [1.82, 2.24) is 30.0 Å². The highest BCUT2D eigenvalue weighted by atomic mass is 35.5. The van der Waals surface area contributed by atoms with E-state index in [0.29, 0.717) is 34.0 Å². The van der Waals surface area contributed by atoms with Crippen LogP contribution < -0.4 is 16.4 Å². The molecule has 1 amide bonds. The molecule has 11 nitrogen and oxygen atoms in total. The lowest BCUT2D eigenvalue weighted by molar-refractivity contribution is -0.125. The maximum absolute atomic E-state index is 13.4. The predicted molar refractivity (Wildman–Crippen MR) is 182 cm³/mol. The van der Waals surface area contributed by atoms with Gasteiger partial charge in [-0.05, 0) is 81.3 Å². The first kappa shape index (κ1) is 33.5. The monoisotopic (exact) mass is 674 g/mol. The van der Waals surface area contributed by atoms with E-state index in [-0.39, 0.29) is 30.0 Å². The highest BCUT2D eigenvalue weighted by Crippen LogP contribution is 2.50. The molecule has 4 aromatic rings. The van der Waals surface area contributed by atoms with Gasteiger partial charge in [-0.15, -0.1) is 12.4 Å². The molecule has 2 saturated heterocycles. The zero-order valence-corrected chi connectivity index (χ0v) is 27.4. The van der Waals surface area contributed by atoms with E-state index in [1.54, 1.807) is 36.5 Å². The third-order valence-electron chi connectivity index (χ3n) is 9.96. The van der Waals surface area contributed by atoms with Crippen molar-refractivity contribution in [3.05, 3.63) is 90.3 Å². The van der Waals surface area contributed by atoms with Gasteiger partial charge in [0.1, 0.15) is 5.82 Å². The summed E-state index contributed by atoms with van der Waals surface area (Å²) < 4.78 is 21.1. The lowest BCUT2D eigenvalue weighted by Gasteiger charge is -2.55. The minimum Gasteiger partial charge on any atom is -0.442 e. The number of nitrogens with two attached hydrogens (primary N) is 1. The number of carbonyl (C=O) groups excluding carboxylic acids is 2. The van der Waals surface area contributed by atoms with Gasteiger partial charge >= 0.3 is 5.97 Å². The molecule has 0 unspecified atom stereocenters. The largest absolute Gasteiger partial charge is 0.442 e. The molecule has 2 aromatic heterocycles. The second-order valence-electron chi connectivity index (χ2n) is 13.0. The van der Waals surface area contributed by atoms with Crippen molar-refractivity contribution in [2.45, 2.75) is 56.7 Å². The van der Waals surface area contributed by atoms with E-state index in [9.17, 15) is 14.0 Å². The highest BCUT2D eigenvalue weighted by Gasteiger charge is 2.47. The Labute approximate surface area is 284 Å². The maximum atomic E-state index is 13.4. The molecule has 1 atom stereocenters. The molecule has 252 valence electrons. The number of aromatic nitrogens is 4. The predicted octanol–water partition coefficient (Wildman–Crippen LogP) is 5.19. The normalized spacial score (nSPS) is 18.8. The standard InChI is InChI=1S/C35H39FN8O3.ClH/c36-25-6-8-26(9-7-25)41-33(45)31(23-4-2-1-3-5-23)47-34(46)30-32(37)39-21-29(42-30)24-20-40-44(22-24)27-10-16-43(17-11-27)28-18-35(19-28)12-14-38-15-13-35;/h1-9,20-22,27-28,31,38H,10-19H2,(H2,37,39)(H,41,45);1H/t31-;/m1./s1. The Hall–Kier alpha value is -4.39. The van der Waals surface area contributed by atoms with Crippen molar-refractivity contribution in [3.8, 4) is 11.3 Å². The molecule has 1 aliphatic carbocycles. The zero-order chi connectivity index (χ0) is 32.4. The van der Waals surface area contributed by atoms with Crippen LogP contribution in [-0.4, -0.2) is 68.7 Å². The SMILES string of the molecule is Cl.Nc1ncc(-c2cnn(C3CCN(C4CC5(CCNCC5)C4)CC3)c2)nc1C(=O)O[C@@H](C(=O)Nc1ccc(F)cc1)c1ccccc1. The minimum absolute atomic E-state index is 0. The van der Waals surface area contributed by atoms with Crippen molar-refractivity contribution in [1.29, 1.82) is 0 Å². The second-order valence-corrected chi connectivity index (χ2v) is 13.0. The van der Waals surface area contributed by atoms with Gasteiger partial charge in [0.2, 0.25) is 6.10 Å². The summed E-state index contributed by atoms with van der Waals surface area (Å²) >= 11 is 0. The van der Waals surface area contributed by atoms with Crippen LogP contribution in [0, 0.1) is 11.2 Å². The molecule has 0 radical (unpaired) electrons. The van der Waals surface area contributed by atoms with E-state index in [1.807, 2.05) is 10.9 Å². The Kier molecular flexibility index (Phi) is 10.0. The molecule has 2 aliphatic heterocycles. The van der Waals surface area contributed by atoms with Gasteiger partial charge in [-0.25, -0.2) is 19.2 Å². The fourth-order valence-corrected chi connectivity index (χ4v) is 7.24. The Morgan fingerprint density at radius 3 is 2.42 bits per heavy atom. The third kappa shape index (κ3) is 7.20. The highest BCUT2D eigenvalue weighted by molar-refractivity contribution is 5.99. The number of nitrogens with zero attached hydrogens (tertiary/aromatic N) is 5. The van der Waals surface area contributed by atoms with Crippen LogP contribution in [0.4, 0.5) is 15.9 Å². The average molecular weight is 675 g/mol. The van der Waals surface area contributed by atoms with Gasteiger partial charge in [0.15, 0.2) is 11.5 Å². The van der Waals surface area contributed by atoms with E-state index < -0.39 is 23.8 Å². The summed E-state index contributed by atoms with van der Waals surface area (Å²) in [5.74, 6) is -2.07. The fourth-order valence-electron chi connectivity index (χ4n) is 7.24. The topological polar surface area (TPSA) is 140 Å². The number of esters is 1. The molecule has 48 heavy (non-hydrogen) atoms. The summed E-state index contributed by atoms with van der Waals surface area (Å²) in [5.41, 5.74) is 8.37. The lowest BCUT2D eigenvalue weighted by atomic mass is 9.60.